The molecule has 5 heteroatoms. The Labute approximate surface area is 103 Å². The number of aliphatic hydroxyl groups excluding tert-OH is 2. The number of aliphatic hydroxyl groups is 2. The van der Waals surface area contributed by atoms with Crippen LogP contribution in [0.4, 0.5) is 0 Å². The van der Waals surface area contributed by atoms with E-state index in [2.05, 4.69) is 0 Å². The molecule has 0 aromatic heterocycles. The van der Waals surface area contributed by atoms with Crippen LogP contribution in [0.3, 0.4) is 0 Å². The molecule has 0 aliphatic heterocycles. The minimum atomic E-state index is -1.01. The Morgan fingerprint density at radius 2 is 1.87 bits per heavy atom. The fraction of sp³-hybridized carbons (Fsp3) is 0.400. The Hall–Kier alpha value is 0.01000. The Bertz CT molecular complexity index is 330. The van der Waals surface area contributed by atoms with Crippen molar-refractivity contribution < 1.29 is 10.2 Å². The molecule has 15 heavy (non-hydrogen) atoms. The van der Waals surface area contributed by atoms with E-state index in [0.29, 0.717) is 10.6 Å². The van der Waals surface area contributed by atoms with Crippen LogP contribution in [-0.4, -0.2) is 22.2 Å². The first kappa shape index (κ1) is 13.1. The van der Waals surface area contributed by atoms with Crippen molar-refractivity contribution in [3.63, 3.8) is 0 Å². The number of alkyl halides is 2. The average molecular weight is 270 g/mol. The van der Waals surface area contributed by atoms with Gasteiger partial charge in [-0.15, -0.1) is 23.2 Å². The molecule has 2 unspecified atom stereocenters. The zero-order chi connectivity index (χ0) is 11.4. The molecule has 2 nitrogen and oxygen atoms in total. The van der Waals surface area contributed by atoms with Crippen molar-refractivity contribution >= 4 is 34.8 Å². The van der Waals surface area contributed by atoms with Crippen molar-refractivity contribution in [1.82, 2.24) is 0 Å². The summed E-state index contributed by atoms with van der Waals surface area (Å²) in [5, 5.41) is 19.6. The quantitative estimate of drug-likeness (QED) is 0.825. The minimum Gasteiger partial charge on any atom is -0.389 e. The fourth-order valence-electron chi connectivity index (χ4n) is 1.19. The molecule has 0 aliphatic rings. The highest BCUT2D eigenvalue weighted by molar-refractivity contribution is 6.32. The molecule has 0 radical (unpaired) electrons. The van der Waals surface area contributed by atoms with Gasteiger partial charge in [-0.2, -0.15) is 0 Å². The Kier molecular flexibility index (Phi) is 5.16. The molecule has 2 N–H and O–H groups in total. The molecular formula is C10H11Cl3O2. The third kappa shape index (κ3) is 3.23. The van der Waals surface area contributed by atoms with Gasteiger partial charge < -0.3 is 10.2 Å². The monoisotopic (exact) mass is 268 g/mol. The zero-order valence-corrected chi connectivity index (χ0v) is 10.1. The molecule has 0 bridgehead atoms. The van der Waals surface area contributed by atoms with Gasteiger partial charge in [0.25, 0.3) is 0 Å². The summed E-state index contributed by atoms with van der Waals surface area (Å²) in [6.07, 6.45) is -2.00. The summed E-state index contributed by atoms with van der Waals surface area (Å²) in [4.78, 5) is 0. The van der Waals surface area contributed by atoms with Gasteiger partial charge in [0, 0.05) is 10.9 Å². The van der Waals surface area contributed by atoms with Crippen LogP contribution >= 0.6 is 34.8 Å². The summed E-state index contributed by atoms with van der Waals surface area (Å²) in [6.45, 7) is 0. The van der Waals surface area contributed by atoms with Crippen molar-refractivity contribution in [2.75, 3.05) is 5.88 Å². The summed E-state index contributed by atoms with van der Waals surface area (Å²) >= 11 is 17.0. The molecule has 2 atom stereocenters. The first-order chi connectivity index (χ1) is 7.10. The van der Waals surface area contributed by atoms with E-state index in [9.17, 15) is 10.2 Å². The van der Waals surface area contributed by atoms with E-state index < -0.39 is 12.2 Å². The van der Waals surface area contributed by atoms with E-state index in [-0.39, 0.29) is 11.8 Å². The van der Waals surface area contributed by atoms with E-state index in [0.717, 1.165) is 5.56 Å². The molecule has 0 amide bonds. The van der Waals surface area contributed by atoms with Gasteiger partial charge in [0.15, 0.2) is 0 Å². The van der Waals surface area contributed by atoms with Gasteiger partial charge in [0.2, 0.25) is 0 Å². The zero-order valence-electron chi connectivity index (χ0n) is 7.83. The molecule has 1 rings (SSSR count). The van der Waals surface area contributed by atoms with Gasteiger partial charge in [0.1, 0.15) is 6.10 Å². The van der Waals surface area contributed by atoms with Gasteiger partial charge >= 0.3 is 0 Å². The first-order valence-corrected chi connectivity index (χ1v) is 5.81. The predicted molar refractivity (Wildman–Crippen MR) is 62.7 cm³/mol. The summed E-state index contributed by atoms with van der Waals surface area (Å²) in [5.41, 5.74) is 1.28. The van der Waals surface area contributed by atoms with Gasteiger partial charge in [-0.1, -0.05) is 23.7 Å². The standard InChI is InChI=1S/C10H11Cl3O2/c11-4-7-3-6(1-2-8(7)13)10(15)9(14)5-12/h1-3,9-10,14-15H,4-5H2. The molecule has 0 fully saturated rings. The Morgan fingerprint density at radius 3 is 2.40 bits per heavy atom. The van der Waals surface area contributed by atoms with Gasteiger partial charge in [-0.05, 0) is 17.2 Å². The van der Waals surface area contributed by atoms with Crippen LogP contribution in [0.1, 0.15) is 17.2 Å². The van der Waals surface area contributed by atoms with Crippen LogP contribution < -0.4 is 0 Å². The van der Waals surface area contributed by atoms with E-state index in [1.807, 2.05) is 0 Å². The van der Waals surface area contributed by atoms with Crippen molar-refractivity contribution in [2.24, 2.45) is 0 Å². The minimum absolute atomic E-state index is 0.0278. The number of hydrogen-bond acceptors (Lipinski definition) is 2. The second-order valence-electron chi connectivity index (χ2n) is 3.15. The molecule has 1 aromatic rings. The van der Waals surface area contributed by atoms with Crippen LogP contribution in [0.5, 0.6) is 0 Å². The second kappa shape index (κ2) is 5.92. The summed E-state index contributed by atoms with van der Waals surface area (Å²) in [7, 11) is 0. The number of hydrogen-bond donors (Lipinski definition) is 2. The maximum absolute atomic E-state index is 9.68. The van der Waals surface area contributed by atoms with Crippen molar-refractivity contribution in [3.8, 4) is 0 Å². The SMILES string of the molecule is OC(CCl)C(O)c1ccc(Cl)c(CCl)c1. The first-order valence-electron chi connectivity index (χ1n) is 4.36. The highest BCUT2D eigenvalue weighted by Crippen LogP contribution is 2.24. The van der Waals surface area contributed by atoms with E-state index in [4.69, 9.17) is 34.8 Å². The summed E-state index contributed by atoms with van der Waals surface area (Å²) < 4.78 is 0. The molecular weight excluding hydrogens is 258 g/mol. The lowest BCUT2D eigenvalue weighted by atomic mass is 10.0. The lowest BCUT2D eigenvalue weighted by Crippen LogP contribution is -2.19. The molecule has 0 spiro atoms. The predicted octanol–water partition coefficient (Wildman–Crippen LogP) is 2.71. The lowest BCUT2D eigenvalue weighted by Gasteiger charge is -2.16. The van der Waals surface area contributed by atoms with Crippen LogP contribution in [0.25, 0.3) is 0 Å². The van der Waals surface area contributed by atoms with Crippen molar-refractivity contribution in [2.45, 2.75) is 18.1 Å². The highest BCUT2D eigenvalue weighted by Gasteiger charge is 2.17. The Balaban J connectivity index is 2.95. The van der Waals surface area contributed by atoms with E-state index in [1.54, 1.807) is 18.2 Å². The number of halogens is 3. The van der Waals surface area contributed by atoms with Crippen LogP contribution in [0.2, 0.25) is 5.02 Å². The smallest absolute Gasteiger partial charge is 0.106 e. The maximum atomic E-state index is 9.68. The Morgan fingerprint density at radius 1 is 1.20 bits per heavy atom. The lowest BCUT2D eigenvalue weighted by molar-refractivity contribution is 0.0327. The topological polar surface area (TPSA) is 40.5 Å². The van der Waals surface area contributed by atoms with E-state index in [1.165, 1.54) is 0 Å². The highest BCUT2D eigenvalue weighted by atomic mass is 35.5. The molecule has 84 valence electrons. The number of benzene rings is 1. The van der Waals surface area contributed by atoms with Gasteiger partial charge in [-0.3, -0.25) is 0 Å². The van der Waals surface area contributed by atoms with Crippen LogP contribution in [-0.2, 0) is 5.88 Å². The van der Waals surface area contributed by atoms with Crippen LogP contribution in [0, 0.1) is 0 Å². The third-order valence-electron chi connectivity index (χ3n) is 2.08. The van der Waals surface area contributed by atoms with Crippen molar-refractivity contribution in [3.05, 3.63) is 34.3 Å². The van der Waals surface area contributed by atoms with Gasteiger partial charge in [-0.25, -0.2) is 0 Å². The summed E-state index contributed by atoms with van der Waals surface area (Å²) in [6, 6.07) is 4.94. The fourth-order valence-corrected chi connectivity index (χ4v) is 1.83. The largest absolute Gasteiger partial charge is 0.389 e. The van der Waals surface area contributed by atoms with E-state index >= 15 is 0 Å². The maximum Gasteiger partial charge on any atom is 0.106 e. The van der Waals surface area contributed by atoms with Crippen LogP contribution in [0.15, 0.2) is 18.2 Å². The van der Waals surface area contributed by atoms with Crippen molar-refractivity contribution in [1.29, 1.82) is 0 Å². The molecule has 0 saturated heterocycles. The normalized spacial score (nSPS) is 15.0. The number of rotatable bonds is 4. The summed E-state index contributed by atoms with van der Waals surface area (Å²) in [5.74, 6) is 0.233. The molecule has 0 aliphatic carbocycles. The molecule has 0 heterocycles. The third-order valence-corrected chi connectivity index (χ3v) is 3.05. The van der Waals surface area contributed by atoms with Gasteiger partial charge in [0.05, 0.1) is 12.0 Å². The molecule has 1 aromatic carbocycles. The molecule has 0 saturated carbocycles. The second-order valence-corrected chi connectivity index (χ2v) is 4.13. The average Bonchev–Trinajstić information content (AvgIpc) is 2.27.